The van der Waals surface area contributed by atoms with Crippen LogP contribution in [0.3, 0.4) is 0 Å². The number of hydrogen-bond acceptors (Lipinski definition) is 6. The van der Waals surface area contributed by atoms with Crippen molar-refractivity contribution in [1.29, 1.82) is 0 Å². The van der Waals surface area contributed by atoms with Crippen LogP contribution in [0.2, 0.25) is 0 Å². The minimum Gasteiger partial charge on any atom is -0.495 e. The van der Waals surface area contributed by atoms with E-state index in [2.05, 4.69) is 15.6 Å². The first-order chi connectivity index (χ1) is 14.3. The van der Waals surface area contributed by atoms with Gasteiger partial charge in [-0.25, -0.2) is 4.98 Å². The number of carbonyl (C=O) groups is 2. The quantitative estimate of drug-likeness (QED) is 0.602. The van der Waals surface area contributed by atoms with Gasteiger partial charge in [-0.3, -0.25) is 19.0 Å². The van der Waals surface area contributed by atoms with Gasteiger partial charge in [-0.2, -0.15) is 0 Å². The van der Waals surface area contributed by atoms with Gasteiger partial charge in [0.25, 0.3) is 11.5 Å². The van der Waals surface area contributed by atoms with Gasteiger partial charge in [-0.05, 0) is 38.0 Å². The monoisotopic (exact) mass is 428 g/mol. The molecule has 0 fully saturated rings. The van der Waals surface area contributed by atoms with E-state index in [1.165, 1.54) is 29.3 Å². The largest absolute Gasteiger partial charge is 0.495 e. The Balaban J connectivity index is 1.86. The lowest BCUT2D eigenvalue weighted by Gasteiger charge is -2.11. The Labute approximate surface area is 177 Å². The van der Waals surface area contributed by atoms with E-state index in [4.69, 9.17) is 4.74 Å². The first-order valence-electron chi connectivity index (χ1n) is 9.58. The molecule has 0 radical (unpaired) electrons. The summed E-state index contributed by atoms with van der Waals surface area (Å²) in [6, 6.07) is 7.05. The van der Waals surface area contributed by atoms with E-state index < -0.39 is 0 Å². The van der Waals surface area contributed by atoms with E-state index in [-0.39, 0.29) is 30.0 Å². The van der Waals surface area contributed by atoms with Crippen molar-refractivity contribution in [2.24, 2.45) is 0 Å². The molecule has 0 aliphatic rings. The summed E-state index contributed by atoms with van der Waals surface area (Å²) >= 11 is 1.18. The third kappa shape index (κ3) is 4.35. The fourth-order valence-corrected chi connectivity index (χ4v) is 4.01. The van der Waals surface area contributed by atoms with Crippen molar-refractivity contribution in [2.75, 3.05) is 12.4 Å². The number of aromatic nitrogens is 2. The number of nitrogens with one attached hydrogen (secondary N) is 2. The molecule has 0 spiro atoms. The lowest BCUT2D eigenvalue weighted by Crippen LogP contribution is -2.31. The SMILES string of the molecule is CCC(C)NC(=O)c1sc2ncn(CC(=O)Nc3ccccc3OC)c(=O)c2c1C. The molecule has 0 aliphatic heterocycles. The van der Waals surface area contributed by atoms with Crippen molar-refractivity contribution in [2.45, 2.75) is 39.8 Å². The highest BCUT2D eigenvalue weighted by Gasteiger charge is 2.21. The number of anilines is 1. The Kier molecular flexibility index (Phi) is 6.51. The van der Waals surface area contributed by atoms with Gasteiger partial charge in [0, 0.05) is 6.04 Å². The molecule has 1 atom stereocenters. The Bertz CT molecular complexity index is 1150. The normalized spacial score (nSPS) is 11.9. The molecule has 0 bridgehead atoms. The number of aryl methyl sites for hydroxylation is 1. The molecule has 0 saturated heterocycles. The van der Waals surface area contributed by atoms with Crippen LogP contribution >= 0.6 is 11.3 Å². The maximum absolute atomic E-state index is 13.0. The van der Waals surface area contributed by atoms with Crippen LogP contribution in [0.1, 0.15) is 35.5 Å². The number of ether oxygens (including phenoxy) is 1. The first-order valence-corrected chi connectivity index (χ1v) is 10.4. The molecule has 2 heterocycles. The fraction of sp³-hybridized carbons (Fsp3) is 0.333. The van der Waals surface area contributed by atoms with E-state index in [0.717, 1.165) is 6.42 Å². The summed E-state index contributed by atoms with van der Waals surface area (Å²) in [5, 5.41) is 6.01. The van der Waals surface area contributed by atoms with Crippen LogP contribution in [0, 0.1) is 6.92 Å². The molecule has 0 aliphatic carbocycles. The summed E-state index contributed by atoms with van der Waals surface area (Å²) in [5.74, 6) is -0.0764. The number of methoxy groups -OCH3 is 1. The van der Waals surface area contributed by atoms with Crippen LogP contribution in [-0.2, 0) is 11.3 Å². The Morgan fingerprint density at radius 2 is 2.03 bits per heavy atom. The molecule has 158 valence electrons. The van der Waals surface area contributed by atoms with Crippen LogP contribution in [0.5, 0.6) is 5.75 Å². The van der Waals surface area contributed by atoms with Gasteiger partial charge in [0.05, 0.1) is 29.4 Å². The first kappa shape index (κ1) is 21.5. The average molecular weight is 429 g/mol. The number of fused-ring (bicyclic) bond motifs is 1. The number of benzene rings is 1. The summed E-state index contributed by atoms with van der Waals surface area (Å²) in [5.41, 5.74) is 0.738. The second-order valence-electron chi connectivity index (χ2n) is 6.95. The molecular formula is C21H24N4O4S. The molecule has 3 aromatic rings. The molecule has 1 aromatic carbocycles. The molecule has 2 amide bonds. The topological polar surface area (TPSA) is 102 Å². The lowest BCUT2D eigenvalue weighted by atomic mass is 10.2. The van der Waals surface area contributed by atoms with Crippen LogP contribution in [0.4, 0.5) is 5.69 Å². The van der Waals surface area contributed by atoms with Crippen LogP contribution in [-0.4, -0.2) is 34.5 Å². The molecule has 1 unspecified atom stereocenters. The second kappa shape index (κ2) is 9.08. The second-order valence-corrected chi connectivity index (χ2v) is 7.94. The van der Waals surface area contributed by atoms with Gasteiger partial charge in [0.2, 0.25) is 5.91 Å². The number of hydrogen-bond donors (Lipinski definition) is 2. The van der Waals surface area contributed by atoms with Gasteiger partial charge < -0.3 is 15.4 Å². The average Bonchev–Trinajstić information content (AvgIpc) is 3.07. The van der Waals surface area contributed by atoms with E-state index in [1.54, 1.807) is 31.2 Å². The van der Waals surface area contributed by atoms with Crippen molar-refractivity contribution < 1.29 is 14.3 Å². The van der Waals surface area contributed by atoms with Crippen molar-refractivity contribution in [3.05, 3.63) is 51.4 Å². The summed E-state index contributed by atoms with van der Waals surface area (Å²) in [6.07, 6.45) is 2.14. The molecule has 8 nitrogen and oxygen atoms in total. The zero-order valence-electron chi connectivity index (χ0n) is 17.3. The zero-order chi connectivity index (χ0) is 21.8. The minimum absolute atomic E-state index is 0.0328. The number of para-hydroxylation sites is 2. The van der Waals surface area contributed by atoms with Gasteiger partial charge in [-0.15, -0.1) is 11.3 Å². The summed E-state index contributed by atoms with van der Waals surface area (Å²) < 4.78 is 6.46. The third-order valence-corrected chi connectivity index (χ3v) is 6.01. The predicted octanol–water partition coefficient (Wildman–Crippen LogP) is 2.94. The maximum atomic E-state index is 13.0. The molecule has 2 aromatic heterocycles. The van der Waals surface area contributed by atoms with Crippen molar-refractivity contribution >= 4 is 39.1 Å². The van der Waals surface area contributed by atoms with E-state index in [0.29, 0.717) is 32.1 Å². The Hall–Kier alpha value is -3.20. The number of amides is 2. The van der Waals surface area contributed by atoms with Crippen molar-refractivity contribution in [1.82, 2.24) is 14.9 Å². The Morgan fingerprint density at radius 1 is 1.30 bits per heavy atom. The number of nitrogens with zero attached hydrogens (tertiary/aromatic N) is 2. The lowest BCUT2D eigenvalue weighted by molar-refractivity contribution is -0.116. The molecule has 30 heavy (non-hydrogen) atoms. The maximum Gasteiger partial charge on any atom is 0.262 e. The van der Waals surface area contributed by atoms with Gasteiger partial charge >= 0.3 is 0 Å². The van der Waals surface area contributed by atoms with Crippen molar-refractivity contribution in [3.8, 4) is 5.75 Å². The molecule has 2 N–H and O–H groups in total. The molecule has 9 heteroatoms. The number of rotatable bonds is 7. The summed E-state index contributed by atoms with van der Waals surface area (Å²) in [7, 11) is 1.52. The number of thiophene rings is 1. The highest BCUT2D eigenvalue weighted by Crippen LogP contribution is 2.27. The summed E-state index contributed by atoms with van der Waals surface area (Å²) in [4.78, 5) is 43.2. The van der Waals surface area contributed by atoms with E-state index in [1.807, 2.05) is 13.8 Å². The Morgan fingerprint density at radius 3 is 2.73 bits per heavy atom. The van der Waals surface area contributed by atoms with E-state index >= 15 is 0 Å². The minimum atomic E-state index is -0.384. The highest BCUT2D eigenvalue weighted by atomic mass is 32.1. The zero-order valence-corrected chi connectivity index (χ0v) is 18.1. The highest BCUT2D eigenvalue weighted by molar-refractivity contribution is 7.20. The smallest absolute Gasteiger partial charge is 0.262 e. The van der Waals surface area contributed by atoms with Gasteiger partial charge in [-0.1, -0.05) is 19.1 Å². The van der Waals surface area contributed by atoms with Crippen LogP contribution in [0.15, 0.2) is 35.4 Å². The summed E-state index contributed by atoms with van der Waals surface area (Å²) in [6.45, 7) is 5.43. The van der Waals surface area contributed by atoms with Crippen LogP contribution in [0.25, 0.3) is 10.2 Å². The van der Waals surface area contributed by atoms with Gasteiger partial charge in [0.15, 0.2) is 0 Å². The van der Waals surface area contributed by atoms with E-state index in [9.17, 15) is 14.4 Å². The molecular weight excluding hydrogens is 404 g/mol. The molecule has 3 rings (SSSR count). The third-order valence-electron chi connectivity index (χ3n) is 4.81. The van der Waals surface area contributed by atoms with Gasteiger partial charge in [0.1, 0.15) is 17.1 Å². The predicted molar refractivity (Wildman–Crippen MR) is 117 cm³/mol. The molecule has 0 saturated carbocycles. The van der Waals surface area contributed by atoms with Crippen molar-refractivity contribution in [3.63, 3.8) is 0 Å². The van der Waals surface area contributed by atoms with Crippen LogP contribution < -0.4 is 20.9 Å². The fourth-order valence-electron chi connectivity index (χ4n) is 2.97. The standard InChI is InChI=1S/C21H24N4O4S/c1-5-12(2)23-19(27)18-13(3)17-20(30-18)22-11-25(21(17)28)10-16(26)24-14-8-6-7-9-15(14)29-4/h6-9,11-12H,5,10H2,1-4H3,(H,23,27)(H,24,26). The number of carbonyl (C=O) groups excluding carboxylic acids is 2.